The van der Waals surface area contributed by atoms with E-state index in [9.17, 15) is 9.59 Å². The van der Waals surface area contributed by atoms with E-state index in [1.165, 1.54) is 11.3 Å². The molecule has 1 rings (SSSR count). The molecule has 112 valence electrons. The highest BCUT2D eigenvalue weighted by Crippen LogP contribution is 2.28. The van der Waals surface area contributed by atoms with E-state index in [0.29, 0.717) is 23.6 Å². The van der Waals surface area contributed by atoms with Crippen LogP contribution in [0.2, 0.25) is 0 Å². The van der Waals surface area contributed by atoms with Gasteiger partial charge in [-0.2, -0.15) is 11.8 Å². The van der Waals surface area contributed by atoms with Crippen molar-refractivity contribution in [1.82, 2.24) is 0 Å². The van der Waals surface area contributed by atoms with Crippen LogP contribution in [0.4, 0.5) is 5.00 Å². The SMILES string of the molecule is CCOC(=O)c1cc(C)sc1NC(=O)[C@H](N)CCSC. The second kappa shape index (κ2) is 8.28. The normalized spacial score (nSPS) is 12.0. The molecule has 1 aromatic rings. The first kappa shape index (κ1) is 17.0. The predicted octanol–water partition coefficient (Wildman–Crippen LogP) is 2.25. The molecule has 0 aromatic carbocycles. The molecular formula is C13H20N2O3S2. The van der Waals surface area contributed by atoms with Crippen LogP contribution in [0, 0.1) is 6.92 Å². The first-order valence-electron chi connectivity index (χ1n) is 6.32. The number of thioether (sulfide) groups is 1. The molecule has 20 heavy (non-hydrogen) atoms. The molecule has 0 aliphatic carbocycles. The molecule has 0 unspecified atom stereocenters. The lowest BCUT2D eigenvalue weighted by Crippen LogP contribution is -2.36. The van der Waals surface area contributed by atoms with Crippen LogP contribution in [0.3, 0.4) is 0 Å². The monoisotopic (exact) mass is 316 g/mol. The van der Waals surface area contributed by atoms with Crippen molar-refractivity contribution in [2.45, 2.75) is 26.3 Å². The van der Waals surface area contributed by atoms with Crippen LogP contribution in [0.15, 0.2) is 6.07 Å². The van der Waals surface area contributed by atoms with Gasteiger partial charge in [0.1, 0.15) is 5.00 Å². The third-order valence-electron chi connectivity index (χ3n) is 2.56. The molecule has 0 aliphatic rings. The van der Waals surface area contributed by atoms with Crippen molar-refractivity contribution < 1.29 is 14.3 Å². The van der Waals surface area contributed by atoms with Crippen molar-refractivity contribution in [1.29, 1.82) is 0 Å². The summed E-state index contributed by atoms with van der Waals surface area (Å²) < 4.78 is 4.97. The molecule has 0 bridgehead atoms. The average molecular weight is 316 g/mol. The van der Waals surface area contributed by atoms with E-state index in [1.54, 1.807) is 24.8 Å². The van der Waals surface area contributed by atoms with Crippen LogP contribution in [0.25, 0.3) is 0 Å². The van der Waals surface area contributed by atoms with Crippen LogP contribution in [0.5, 0.6) is 0 Å². The number of carbonyl (C=O) groups excluding carboxylic acids is 2. The topological polar surface area (TPSA) is 81.4 Å². The van der Waals surface area contributed by atoms with Crippen molar-refractivity contribution >= 4 is 40.0 Å². The highest BCUT2D eigenvalue weighted by Gasteiger charge is 2.20. The summed E-state index contributed by atoms with van der Waals surface area (Å²) in [6, 6.07) is 1.14. The Morgan fingerprint density at radius 3 is 2.85 bits per heavy atom. The second-order valence-electron chi connectivity index (χ2n) is 4.20. The number of aryl methyl sites for hydroxylation is 1. The fourth-order valence-corrected chi connectivity index (χ4v) is 2.94. The second-order valence-corrected chi connectivity index (χ2v) is 6.44. The van der Waals surface area contributed by atoms with Crippen LogP contribution < -0.4 is 11.1 Å². The molecular weight excluding hydrogens is 296 g/mol. The summed E-state index contributed by atoms with van der Waals surface area (Å²) >= 11 is 2.99. The van der Waals surface area contributed by atoms with Crippen molar-refractivity contribution in [3.05, 3.63) is 16.5 Å². The third kappa shape index (κ3) is 4.81. The van der Waals surface area contributed by atoms with Gasteiger partial charge in [0.2, 0.25) is 5.91 Å². The number of nitrogens with one attached hydrogen (secondary N) is 1. The Bertz CT molecular complexity index is 474. The highest BCUT2D eigenvalue weighted by molar-refractivity contribution is 7.98. The van der Waals surface area contributed by atoms with E-state index in [1.807, 2.05) is 13.2 Å². The number of anilines is 1. The number of carbonyl (C=O) groups is 2. The standard InChI is InChI=1S/C13H20N2O3S2/c1-4-18-13(17)9-7-8(2)20-12(9)15-11(16)10(14)5-6-19-3/h7,10H,4-6,14H2,1-3H3,(H,15,16)/t10-/m1/s1. The number of amides is 1. The van der Waals surface area contributed by atoms with Gasteiger partial charge in [0.25, 0.3) is 0 Å². The Balaban J connectivity index is 2.76. The lowest BCUT2D eigenvalue weighted by Gasteiger charge is -2.11. The van der Waals surface area contributed by atoms with Gasteiger partial charge in [-0.25, -0.2) is 4.79 Å². The number of hydrogen-bond acceptors (Lipinski definition) is 6. The quantitative estimate of drug-likeness (QED) is 0.754. The van der Waals surface area contributed by atoms with E-state index >= 15 is 0 Å². The Morgan fingerprint density at radius 2 is 2.25 bits per heavy atom. The van der Waals surface area contributed by atoms with E-state index < -0.39 is 12.0 Å². The Morgan fingerprint density at radius 1 is 1.55 bits per heavy atom. The Labute approximate surface area is 127 Å². The molecule has 7 heteroatoms. The lowest BCUT2D eigenvalue weighted by molar-refractivity contribution is -0.117. The minimum atomic E-state index is -0.570. The summed E-state index contributed by atoms with van der Waals surface area (Å²) in [6.07, 6.45) is 2.57. The van der Waals surface area contributed by atoms with Gasteiger partial charge in [-0.15, -0.1) is 11.3 Å². The maximum Gasteiger partial charge on any atom is 0.341 e. The average Bonchev–Trinajstić information content (AvgIpc) is 2.77. The fraction of sp³-hybridized carbons (Fsp3) is 0.538. The number of rotatable bonds is 7. The summed E-state index contributed by atoms with van der Waals surface area (Å²) in [5, 5.41) is 3.23. The van der Waals surface area contributed by atoms with Crippen molar-refractivity contribution in [3.63, 3.8) is 0 Å². The number of esters is 1. The molecule has 0 aliphatic heterocycles. The maximum atomic E-state index is 12.0. The van der Waals surface area contributed by atoms with Crippen molar-refractivity contribution in [2.24, 2.45) is 5.73 Å². The molecule has 0 saturated carbocycles. The minimum Gasteiger partial charge on any atom is -0.462 e. The fourth-order valence-electron chi connectivity index (χ4n) is 1.55. The summed E-state index contributed by atoms with van der Waals surface area (Å²) in [4.78, 5) is 24.7. The van der Waals surface area contributed by atoms with E-state index in [2.05, 4.69) is 5.32 Å². The van der Waals surface area contributed by atoms with Gasteiger partial charge in [0.05, 0.1) is 18.2 Å². The lowest BCUT2D eigenvalue weighted by atomic mass is 10.2. The summed E-state index contributed by atoms with van der Waals surface area (Å²) in [5.74, 6) is 0.124. The molecule has 1 aromatic heterocycles. The zero-order chi connectivity index (χ0) is 15.1. The van der Waals surface area contributed by atoms with E-state index in [-0.39, 0.29) is 5.91 Å². The molecule has 0 fully saturated rings. The zero-order valence-electron chi connectivity index (χ0n) is 11.9. The zero-order valence-corrected chi connectivity index (χ0v) is 13.5. The van der Waals surface area contributed by atoms with Crippen LogP contribution >= 0.6 is 23.1 Å². The molecule has 0 spiro atoms. The molecule has 5 nitrogen and oxygen atoms in total. The molecule has 1 amide bonds. The number of ether oxygens (including phenoxy) is 1. The van der Waals surface area contributed by atoms with E-state index in [4.69, 9.17) is 10.5 Å². The molecule has 0 radical (unpaired) electrons. The van der Waals surface area contributed by atoms with Gasteiger partial charge in [-0.05, 0) is 38.3 Å². The van der Waals surface area contributed by atoms with Gasteiger partial charge in [-0.3, -0.25) is 4.79 Å². The predicted molar refractivity (Wildman–Crippen MR) is 84.6 cm³/mol. The number of hydrogen-bond donors (Lipinski definition) is 2. The van der Waals surface area contributed by atoms with Gasteiger partial charge in [0.15, 0.2) is 0 Å². The third-order valence-corrected chi connectivity index (χ3v) is 4.17. The van der Waals surface area contributed by atoms with Crippen molar-refractivity contribution in [3.8, 4) is 0 Å². The van der Waals surface area contributed by atoms with Crippen LogP contribution in [-0.2, 0) is 9.53 Å². The van der Waals surface area contributed by atoms with Crippen molar-refractivity contribution in [2.75, 3.05) is 23.9 Å². The number of nitrogens with two attached hydrogens (primary N) is 1. The largest absolute Gasteiger partial charge is 0.462 e. The molecule has 3 N–H and O–H groups in total. The Hall–Kier alpha value is -1.05. The first-order chi connectivity index (χ1) is 9.49. The number of thiophene rings is 1. The van der Waals surface area contributed by atoms with Crippen LogP contribution in [-0.4, -0.2) is 36.5 Å². The van der Waals surface area contributed by atoms with Crippen LogP contribution in [0.1, 0.15) is 28.6 Å². The summed E-state index contributed by atoms with van der Waals surface area (Å²) in [5.41, 5.74) is 6.19. The summed E-state index contributed by atoms with van der Waals surface area (Å²) in [6.45, 7) is 3.92. The van der Waals surface area contributed by atoms with Gasteiger partial charge >= 0.3 is 5.97 Å². The molecule has 0 saturated heterocycles. The van der Waals surface area contributed by atoms with E-state index in [0.717, 1.165) is 10.6 Å². The van der Waals surface area contributed by atoms with Gasteiger partial charge < -0.3 is 15.8 Å². The minimum absolute atomic E-state index is 0.272. The van der Waals surface area contributed by atoms with Gasteiger partial charge in [-0.1, -0.05) is 0 Å². The Kier molecular flexibility index (Phi) is 7.04. The molecule has 1 heterocycles. The highest BCUT2D eigenvalue weighted by atomic mass is 32.2. The first-order valence-corrected chi connectivity index (χ1v) is 8.53. The smallest absolute Gasteiger partial charge is 0.341 e. The van der Waals surface area contributed by atoms with Gasteiger partial charge in [0, 0.05) is 4.88 Å². The molecule has 1 atom stereocenters. The summed E-state index contributed by atoms with van der Waals surface area (Å²) in [7, 11) is 0. The maximum absolute atomic E-state index is 12.0.